The Morgan fingerprint density at radius 3 is 2.37 bits per heavy atom. The maximum Gasteiger partial charge on any atom is 0.279 e. The summed E-state index contributed by atoms with van der Waals surface area (Å²) in [6.07, 6.45) is 0. The van der Waals surface area contributed by atoms with Gasteiger partial charge in [-0.2, -0.15) is 0 Å². The lowest BCUT2D eigenvalue weighted by atomic mass is 10.1. The summed E-state index contributed by atoms with van der Waals surface area (Å²) in [7, 11) is 0. The highest BCUT2D eigenvalue weighted by Crippen LogP contribution is 2.19. The Labute approximate surface area is 164 Å². The average molecular weight is 387 g/mol. The molecule has 0 aliphatic carbocycles. The molecule has 0 bridgehead atoms. The van der Waals surface area contributed by atoms with Crippen molar-refractivity contribution >= 4 is 34.7 Å². The summed E-state index contributed by atoms with van der Waals surface area (Å²) < 4.78 is 0. The van der Waals surface area contributed by atoms with Crippen LogP contribution in [0, 0.1) is 6.92 Å². The number of anilines is 2. The largest absolute Gasteiger partial charge is 0.360 e. The average Bonchev–Trinajstić information content (AvgIpc) is 2.65. The Kier molecular flexibility index (Phi) is 6.14. The number of hydrogen-bond donors (Lipinski definition) is 2. The van der Waals surface area contributed by atoms with Crippen LogP contribution in [0.5, 0.6) is 0 Å². The van der Waals surface area contributed by atoms with Gasteiger partial charge in [-0.05, 0) is 55.8 Å². The lowest BCUT2D eigenvalue weighted by Crippen LogP contribution is -3.15. The Balaban J connectivity index is 1.49. The Hall–Kier alpha value is -2.37. The van der Waals surface area contributed by atoms with Crippen LogP contribution in [-0.4, -0.2) is 44.4 Å². The maximum absolute atomic E-state index is 12.3. The highest BCUT2D eigenvalue weighted by Gasteiger charge is 2.22. The molecule has 6 heteroatoms. The van der Waals surface area contributed by atoms with Gasteiger partial charge >= 0.3 is 0 Å². The van der Waals surface area contributed by atoms with Crippen LogP contribution >= 0.6 is 11.6 Å². The quantitative estimate of drug-likeness (QED) is 0.774. The van der Waals surface area contributed by atoms with Crippen molar-refractivity contribution in [3.8, 4) is 0 Å². The van der Waals surface area contributed by atoms with E-state index in [9.17, 15) is 9.59 Å². The van der Waals surface area contributed by atoms with Crippen molar-refractivity contribution in [1.29, 1.82) is 0 Å². The normalized spacial score (nSPS) is 14.9. The topological polar surface area (TPSA) is 53.9 Å². The van der Waals surface area contributed by atoms with E-state index in [4.69, 9.17) is 11.6 Å². The summed E-state index contributed by atoms with van der Waals surface area (Å²) in [5, 5.41) is 3.58. The number of halogens is 1. The van der Waals surface area contributed by atoms with Crippen molar-refractivity contribution in [3.63, 3.8) is 0 Å². The van der Waals surface area contributed by atoms with Gasteiger partial charge in [-0.25, -0.2) is 0 Å². The van der Waals surface area contributed by atoms with Crippen LogP contribution in [0.4, 0.5) is 11.4 Å². The predicted octanol–water partition coefficient (Wildman–Crippen LogP) is 2.19. The van der Waals surface area contributed by atoms with Gasteiger partial charge in [-0.15, -0.1) is 0 Å². The van der Waals surface area contributed by atoms with Gasteiger partial charge in [0.05, 0.1) is 26.2 Å². The molecule has 0 radical (unpaired) electrons. The van der Waals surface area contributed by atoms with Gasteiger partial charge in [0.25, 0.3) is 5.91 Å². The second-order valence-corrected chi connectivity index (χ2v) is 7.44. The number of Topliss-reactive ketones (excluding diaryl/α,β-unsaturated/α-hetero) is 1. The second-order valence-electron chi connectivity index (χ2n) is 7.03. The number of piperazine rings is 1. The number of benzene rings is 2. The number of carbonyl (C=O) groups is 2. The van der Waals surface area contributed by atoms with Crippen molar-refractivity contribution in [1.82, 2.24) is 0 Å². The molecule has 1 heterocycles. The smallest absolute Gasteiger partial charge is 0.279 e. The van der Waals surface area contributed by atoms with Crippen molar-refractivity contribution in [3.05, 3.63) is 58.6 Å². The Morgan fingerprint density at radius 2 is 1.78 bits per heavy atom. The van der Waals surface area contributed by atoms with Crippen LogP contribution in [0.1, 0.15) is 22.8 Å². The first-order chi connectivity index (χ1) is 12.9. The molecule has 5 nitrogen and oxygen atoms in total. The molecular formula is C21H25ClN3O2+. The van der Waals surface area contributed by atoms with Crippen molar-refractivity contribution < 1.29 is 14.5 Å². The number of rotatable bonds is 5. The summed E-state index contributed by atoms with van der Waals surface area (Å²) >= 11 is 6.11. The zero-order valence-corrected chi connectivity index (χ0v) is 16.5. The third-order valence-electron chi connectivity index (χ3n) is 4.98. The molecule has 1 aliphatic heterocycles. The van der Waals surface area contributed by atoms with Crippen molar-refractivity contribution in [2.75, 3.05) is 42.9 Å². The maximum atomic E-state index is 12.3. The van der Waals surface area contributed by atoms with Gasteiger partial charge in [0.1, 0.15) is 0 Å². The molecule has 1 fully saturated rings. The van der Waals surface area contributed by atoms with Gasteiger partial charge in [-0.3, -0.25) is 9.59 Å². The van der Waals surface area contributed by atoms with E-state index in [0.717, 1.165) is 48.7 Å². The Morgan fingerprint density at radius 1 is 1.11 bits per heavy atom. The van der Waals surface area contributed by atoms with E-state index in [2.05, 4.69) is 10.2 Å². The van der Waals surface area contributed by atoms with E-state index in [-0.39, 0.29) is 11.7 Å². The molecule has 0 atom stereocenters. The lowest BCUT2D eigenvalue weighted by molar-refractivity contribution is -0.892. The third-order valence-corrected chi connectivity index (χ3v) is 5.38. The highest BCUT2D eigenvalue weighted by molar-refractivity contribution is 6.31. The number of carbonyl (C=O) groups excluding carboxylic acids is 2. The molecule has 142 valence electrons. The van der Waals surface area contributed by atoms with Gasteiger partial charge in [0.2, 0.25) is 0 Å². The molecule has 0 unspecified atom stereocenters. The molecule has 1 amide bonds. The molecule has 2 aromatic carbocycles. The summed E-state index contributed by atoms with van der Waals surface area (Å²) in [4.78, 5) is 27.3. The number of amides is 1. The molecular weight excluding hydrogens is 362 g/mol. The van der Waals surface area contributed by atoms with E-state index >= 15 is 0 Å². The Bertz CT molecular complexity index is 828. The van der Waals surface area contributed by atoms with Crippen LogP contribution in [-0.2, 0) is 4.79 Å². The third kappa shape index (κ3) is 5.08. The van der Waals surface area contributed by atoms with Crippen LogP contribution in [0.25, 0.3) is 0 Å². The minimum atomic E-state index is 0.00387. The van der Waals surface area contributed by atoms with Crippen LogP contribution < -0.4 is 15.1 Å². The first kappa shape index (κ1) is 19.4. The van der Waals surface area contributed by atoms with E-state index < -0.39 is 0 Å². The highest BCUT2D eigenvalue weighted by atomic mass is 35.5. The van der Waals surface area contributed by atoms with Crippen LogP contribution in [0.2, 0.25) is 5.02 Å². The van der Waals surface area contributed by atoms with E-state index in [1.807, 2.05) is 43.3 Å². The molecule has 2 aromatic rings. The summed E-state index contributed by atoms with van der Waals surface area (Å²) in [6.45, 7) is 7.53. The molecule has 0 spiro atoms. The number of ketones is 1. The molecule has 1 saturated heterocycles. The molecule has 0 saturated carbocycles. The van der Waals surface area contributed by atoms with Gasteiger partial charge in [-0.1, -0.05) is 17.7 Å². The zero-order chi connectivity index (χ0) is 19.4. The van der Waals surface area contributed by atoms with E-state index in [1.165, 1.54) is 4.90 Å². The summed E-state index contributed by atoms with van der Waals surface area (Å²) in [6, 6.07) is 13.3. The van der Waals surface area contributed by atoms with Gasteiger partial charge in [0.15, 0.2) is 12.3 Å². The lowest BCUT2D eigenvalue weighted by Gasteiger charge is -2.33. The number of nitrogens with zero attached hydrogens (tertiary/aromatic N) is 1. The van der Waals surface area contributed by atoms with Gasteiger partial charge < -0.3 is 15.1 Å². The SMILES string of the molecule is CC(=O)c1ccc(N2CC[NH+](CC(=O)Nc3ccc(C)c(Cl)c3)CC2)cc1. The standard InChI is InChI=1S/C21H24ClN3O2/c1-15-3-6-18(13-20(15)22)23-21(27)14-24-9-11-25(12-10-24)19-7-4-17(5-8-19)16(2)26/h3-8,13H,9-12,14H2,1-2H3,(H,23,27)/p+1. The summed E-state index contributed by atoms with van der Waals surface area (Å²) in [5.74, 6) is 0.0841. The fourth-order valence-electron chi connectivity index (χ4n) is 3.27. The minimum Gasteiger partial charge on any atom is -0.360 e. The van der Waals surface area contributed by atoms with Crippen LogP contribution in [0.3, 0.4) is 0 Å². The minimum absolute atomic E-state index is 0.00387. The number of hydrogen-bond acceptors (Lipinski definition) is 3. The monoisotopic (exact) mass is 386 g/mol. The number of nitrogens with one attached hydrogen (secondary N) is 2. The summed E-state index contributed by atoms with van der Waals surface area (Å²) in [5.41, 5.74) is 3.58. The predicted molar refractivity (Wildman–Crippen MR) is 109 cm³/mol. The van der Waals surface area contributed by atoms with Gasteiger partial charge in [0, 0.05) is 22.0 Å². The van der Waals surface area contributed by atoms with Crippen LogP contribution in [0.15, 0.2) is 42.5 Å². The molecule has 27 heavy (non-hydrogen) atoms. The van der Waals surface area contributed by atoms with E-state index in [0.29, 0.717) is 11.6 Å². The van der Waals surface area contributed by atoms with E-state index in [1.54, 1.807) is 13.0 Å². The second kappa shape index (κ2) is 8.55. The molecule has 3 rings (SSSR count). The van der Waals surface area contributed by atoms with Crippen molar-refractivity contribution in [2.24, 2.45) is 0 Å². The molecule has 2 N–H and O–H groups in total. The molecule has 0 aromatic heterocycles. The zero-order valence-electron chi connectivity index (χ0n) is 15.7. The number of aryl methyl sites for hydroxylation is 1. The van der Waals surface area contributed by atoms with Crippen molar-refractivity contribution in [2.45, 2.75) is 13.8 Å². The molecule has 1 aliphatic rings. The first-order valence-electron chi connectivity index (χ1n) is 9.18. The number of quaternary nitrogens is 1. The fourth-order valence-corrected chi connectivity index (χ4v) is 3.45. The fraction of sp³-hybridized carbons (Fsp3) is 0.333. The first-order valence-corrected chi connectivity index (χ1v) is 9.55.